The Morgan fingerprint density at radius 3 is 2.95 bits per heavy atom. The third kappa shape index (κ3) is 3.30. The van der Waals surface area contributed by atoms with Gasteiger partial charge in [0.15, 0.2) is 0 Å². The number of rotatable bonds is 3. The monoisotopic (exact) mass is 311 g/mol. The van der Waals surface area contributed by atoms with Crippen LogP contribution in [0.5, 0.6) is 0 Å². The van der Waals surface area contributed by atoms with Gasteiger partial charge in [0.25, 0.3) is 0 Å². The van der Waals surface area contributed by atoms with E-state index in [0.29, 0.717) is 6.61 Å². The van der Waals surface area contributed by atoms with Gasteiger partial charge in [0.2, 0.25) is 5.91 Å². The van der Waals surface area contributed by atoms with Crippen LogP contribution in [0.3, 0.4) is 0 Å². The first-order valence-corrected chi connectivity index (χ1v) is 9.04. The highest BCUT2D eigenvalue weighted by atomic mass is 32.2. The van der Waals surface area contributed by atoms with Crippen molar-refractivity contribution in [3.05, 3.63) is 12.2 Å². The van der Waals surface area contributed by atoms with Crippen LogP contribution in [0.2, 0.25) is 0 Å². The van der Waals surface area contributed by atoms with Crippen LogP contribution in [-0.4, -0.2) is 48.4 Å². The van der Waals surface area contributed by atoms with Crippen molar-refractivity contribution in [3.63, 3.8) is 0 Å². The number of thioether (sulfide) groups is 1. The van der Waals surface area contributed by atoms with Gasteiger partial charge in [0.05, 0.1) is 17.6 Å². The lowest BCUT2D eigenvalue weighted by atomic mass is 9.89. The van der Waals surface area contributed by atoms with Crippen molar-refractivity contribution in [3.8, 4) is 0 Å². The third-order valence-corrected chi connectivity index (χ3v) is 6.04. The molecule has 3 heterocycles. The molecule has 3 rings (SSSR count). The summed E-state index contributed by atoms with van der Waals surface area (Å²) in [6.45, 7) is 7.30. The maximum absolute atomic E-state index is 12.6. The van der Waals surface area contributed by atoms with E-state index in [1.165, 1.54) is 5.75 Å². The van der Waals surface area contributed by atoms with E-state index in [1.807, 2.05) is 18.7 Å². The van der Waals surface area contributed by atoms with E-state index in [0.717, 1.165) is 43.6 Å². The van der Waals surface area contributed by atoms with Gasteiger partial charge in [-0.2, -0.15) is 11.8 Å². The summed E-state index contributed by atoms with van der Waals surface area (Å²) >= 11 is 1.96. The van der Waals surface area contributed by atoms with Gasteiger partial charge in [-0.15, -0.1) is 0 Å². The summed E-state index contributed by atoms with van der Waals surface area (Å²) in [4.78, 5) is 12.6. The highest BCUT2D eigenvalue weighted by Crippen LogP contribution is 2.38. The fraction of sp³-hybridized carbons (Fsp3) is 0.812. The zero-order valence-corrected chi connectivity index (χ0v) is 13.5. The molecule has 0 aromatic rings. The van der Waals surface area contributed by atoms with Crippen LogP contribution in [0.4, 0.5) is 0 Å². The van der Waals surface area contributed by atoms with Crippen LogP contribution in [0.25, 0.3) is 0 Å². The summed E-state index contributed by atoms with van der Waals surface area (Å²) in [6, 6.07) is 0.247. The van der Waals surface area contributed by atoms with Crippen LogP contribution >= 0.6 is 11.8 Å². The lowest BCUT2D eigenvalue weighted by Crippen LogP contribution is -2.50. The highest BCUT2D eigenvalue weighted by molar-refractivity contribution is 7.99. The summed E-state index contributed by atoms with van der Waals surface area (Å²) < 4.78 is 11.7. The van der Waals surface area contributed by atoms with E-state index in [4.69, 9.17) is 9.47 Å². The molecule has 0 unspecified atom stereocenters. The molecule has 5 heteroatoms. The van der Waals surface area contributed by atoms with Crippen molar-refractivity contribution < 1.29 is 14.3 Å². The number of carbonyl (C=O) groups is 1. The van der Waals surface area contributed by atoms with E-state index in [9.17, 15) is 4.79 Å². The second-order valence-electron chi connectivity index (χ2n) is 6.57. The van der Waals surface area contributed by atoms with Crippen molar-refractivity contribution in [2.75, 3.05) is 24.7 Å². The number of nitrogens with one attached hydrogen (secondary N) is 1. The Labute approximate surface area is 131 Å². The summed E-state index contributed by atoms with van der Waals surface area (Å²) in [5, 5.41) is 3.25. The Hall–Kier alpha value is -0.520. The molecule has 0 radical (unpaired) electrons. The summed E-state index contributed by atoms with van der Waals surface area (Å²) in [5.74, 6) is 2.31. The molecule has 3 aliphatic rings. The summed E-state index contributed by atoms with van der Waals surface area (Å²) in [6.07, 6.45) is 3.68. The van der Waals surface area contributed by atoms with E-state index < -0.39 is 0 Å². The smallest absolute Gasteiger partial charge is 0.226 e. The molecule has 3 fully saturated rings. The molecule has 4 atom stereocenters. The number of hydrogen-bond acceptors (Lipinski definition) is 4. The second kappa shape index (κ2) is 6.31. The largest absolute Gasteiger partial charge is 0.374 e. The zero-order chi connectivity index (χ0) is 14.9. The number of ether oxygens (including phenoxy) is 2. The van der Waals surface area contributed by atoms with Gasteiger partial charge in [-0.05, 0) is 38.4 Å². The molecule has 1 amide bonds. The minimum Gasteiger partial charge on any atom is -0.374 e. The molecule has 3 aliphatic heterocycles. The van der Waals surface area contributed by atoms with Gasteiger partial charge in [-0.1, -0.05) is 12.2 Å². The molecule has 0 saturated carbocycles. The Balaban J connectivity index is 1.58. The first-order chi connectivity index (χ1) is 10.1. The molecule has 118 valence electrons. The Kier molecular flexibility index (Phi) is 4.62. The summed E-state index contributed by atoms with van der Waals surface area (Å²) in [7, 11) is 0. The average Bonchev–Trinajstić information content (AvgIpc) is 3.08. The Bertz CT molecular complexity index is 420. The van der Waals surface area contributed by atoms with Crippen molar-refractivity contribution in [1.82, 2.24) is 5.32 Å². The zero-order valence-electron chi connectivity index (χ0n) is 12.7. The molecule has 0 aliphatic carbocycles. The molecule has 0 aromatic carbocycles. The van der Waals surface area contributed by atoms with E-state index in [1.54, 1.807) is 0 Å². The lowest BCUT2D eigenvalue weighted by Gasteiger charge is -2.38. The number of amides is 1. The lowest BCUT2D eigenvalue weighted by molar-refractivity contribution is -0.129. The van der Waals surface area contributed by atoms with Crippen LogP contribution in [-0.2, 0) is 14.3 Å². The van der Waals surface area contributed by atoms with Crippen LogP contribution < -0.4 is 5.32 Å². The topological polar surface area (TPSA) is 47.6 Å². The fourth-order valence-corrected chi connectivity index (χ4v) is 5.04. The van der Waals surface area contributed by atoms with Gasteiger partial charge in [0.1, 0.15) is 0 Å². The quantitative estimate of drug-likeness (QED) is 0.811. The molecule has 1 spiro atoms. The molecule has 1 N–H and O–H groups in total. The normalized spacial score (nSPS) is 39.6. The SMILES string of the molecule is C=C(C)[C@H]1OCC[C@H]1C(=O)N[C@@H]1CCO[C@]2(CCSC2)C1. The fourth-order valence-electron chi connectivity index (χ4n) is 3.67. The van der Waals surface area contributed by atoms with Crippen LogP contribution in [0, 0.1) is 5.92 Å². The molecular weight excluding hydrogens is 286 g/mol. The Morgan fingerprint density at radius 1 is 1.38 bits per heavy atom. The van der Waals surface area contributed by atoms with Crippen molar-refractivity contribution in [1.29, 1.82) is 0 Å². The molecular formula is C16H25NO3S. The predicted molar refractivity (Wildman–Crippen MR) is 84.5 cm³/mol. The first-order valence-electron chi connectivity index (χ1n) is 7.89. The van der Waals surface area contributed by atoms with Gasteiger partial charge in [-0.3, -0.25) is 4.79 Å². The standard InChI is InChI=1S/C16H25NO3S/c1-11(2)14-13(4-6-19-14)15(18)17-12-3-7-20-16(9-12)5-8-21-10-16/h12-14H,1,3-10H2,2H3,(H,17,18)/t12-,13-,14-,16-/m1/s1. The van der Waals surface area contributed by atoms with Gasteiger partial charge in [-0.25, -0.2) is 0 Å². The van der Waals surface area contributed by atoms with Gasteiger partial charge < -0.3 is 14.8 Å². The minimum absolute atomic E-state index is 0.0147. The predicted octanol–water partition coefficient (Wildman–Crippen LogP) is 2.14. The molecule has 21 heavy (non-hydrogen) atoms. The molecule has 0 bridgehead atoms. The van der Waals surface area contributed by atoms with E-state index >= 15 is 0 Å². The second-order valence-corrected chi connectivity index (χ2v) is 7.67. The van der Waals surface area contributed by atoms with E-state index in [2.05, 4.69) is 11.9 Å². The van der Waals surface area contributed by atoms with Crippen LogP contribution in [0.1, 0.15) is 32.6 Å². The van der Waals surface area contributed by atoms with Crippen molar-refractivity contribution in [2.45, 2.75) is 50.4 Å². The number of hydrogen-bond donors (Lipinski definition) is 1. The van der Waals surface area contributed by atoms with Gasteiger partial charge >= 0.3 is 0 Å². The van der Waals surface area contributed by atoms with Crippen molar-refractivity contribution >= 4 is 17.7 Å². The summed E-state index contributed by atoms with van der Waals surface area (Å²) in [5.41, 5.74) is 0.962. The van der Waals surface area contributed by atoms with Crippen molar-refractivity contribution in [2.24, 2.45) is 5.92 Å². The minimum atomic E-state index is -0.110. The number of carbonyl (C=O) groups excluding carboxylic acids is 1. The molecule has 4 nitrogen and oxygen atoms in total. The maximum atomic E-state index is 12.6. The van der Waals surface area contributed by atoms with E-state index in [-0.39, 0.29) is 29.6 Å². The first kappa shape index (κ1) is 15.4. The highest BCUT2D eigenvalue weighted by Gasteiger charge is 2.42. The molecule has 0 aromatic heterocycles. The Morgan fingerprint density at radius 2 is 2.24 bits per heavy atom. The van der Waals surface area contributed by atoms with Gasteiger partial charge in [0, 0.05) is 25.0 Å². The maximum Gasteiger partial charge on any atom is 0.226 e. The molecule has 3 saturated heterocycles. The third-order valence-electron chi connectivity index (χ3n) is 4.82. The average molecular weight is 311 g/mol. The van der Waals surface area contributed by atoms with Crippen LogP contribution in [0.15, 0.2) is 12.2 Å².